The highest BCUT2D eigenvalue weighted by Crippen LogP contribution is 2.68. The molecule has 2 saturated carbocycles. The second-order valence-electron chi connectivity index (χ2n) is 13.4. The average molecular weight is 555 g/mol. The Morgan fingerprint density at radius 1 is 1.18 bits per heavy atom. The van der Waals surface area contributed by atoms with Crippen LogP contribution in [0.1, 0.15) is 91.7 Å². The summed E-state index contributed by atoms with van der Waals surface area (Å²) in [7, 11) is 1.36. The lowest BCUT2D eigenvalue weighted by atomic mass is 9.40. The maximum absolute atomic E-state index is 14.5. The summed E-state index contributed by atoms with van der Waals surface area (Å²) in [5, 5.41) is 0. The van der Waals surface area contributed by atoms with Crippen molar-refractivity contribution in [3.8, 4) is 0 Å². The first-order valence-corrected chi connectivity index (χ1v) is 14.6. The van der Waals surface area contributed by atoms with Crippen molar-refractivity contribution in [3.63, 3.8) is 0 Å². The molecule has 0 aromatic carbocycles. The van der Waals surface area contributed by atoms with E-state index in [1.165, 1.54) is 7.11 Å². The van der Waals surface area contributed by atoms with Crippen LogP contribution in [0.4, 0.5) is 0 Å². The van der Waals surface area contributed by atoms with E-state index in [2.05, 4.69) is 6.92 Å². The molecular formula is C32H42O8. The van der Waals surface area contributed by atoms with Crippen LogP contribution >= 0.6 is 0 Å². The van der Waals surface area contributed by atoms with Gasteiger partial charge in [-0.15, -0.1) is 0 Å². The van der Waals surface area contributed by atoms with Crippen molar-refractivity contribution >= 4 is 23.7 Å². The molecule has 4 aliphatic rings. The molecule has 2 bridgehead atoms. The second kappa shape index (κ2) is 9.88. The van der Waals surface area contributed by atoms with E-state index in [-0.39, 0.29) is 48.4 Å². The quantitative estimate of drug-likeness (QED) is 0.248. The van der Waals surface area contributed by atoms with E-state index in [4.69, 9.17) is 18.6 Å². The molecule has 0 spiro atoms. The molecule has 218 valence electrons. The van der Waals surface area contributed by atoms with Crippen LogP contribution in [0.3, 0.4) is 0 Å². The van der Waals surface area contributed by atoms with E-state index in [0.717, 1.165) is 29.6 Å². The largest absolute Gasteiger partial charge is 0.472 e. The Morgan fingerprint density at radius 3 is 2.52 bits per heavy atom. The molecule has 2 heterocycles. The first-order chi connectivity index (χ1) is 18.8. The molecule has 8 nitrogen and oxygen atoms in total. The molecule has 1 saturated heterocycles. The molecular weight excluding hydrogens is 512 g/mol. The summed E-state index contributed by atoms with van der Waals surface area (Å²) >= 11 is 0. The third kappa shape index (κ3) is 4.07. The molecule has 8 heteroatoms. The van der Waals surface area contributed by atoms with Crippen LogP contribution in [0.2, 0.25) is 0 Å². The Labute approximate surface area is 236 Å². The number of ketones is 1. The number of rotatable bonds is 6. The molecule has 5 rings (SSSR count). The highest BCUT2D eigenvalue weighted by atomic mass is 16.6. The number of fused-ring (bicyclic) bond motifs is 5. The fourth-order valence-corrected chi connectivity index (χ4v) is 8.60. The number of furan rings is 1. The summed E-state index contributed by atoms with van der Waals surface area (Å²) in [6.45, 7) is 11.9. The number of hydrogen-bond acceptors (Lipinski definition) is 8. The summed E-state index contributed by atoms with van der Waals surface area (Å²) in [6, 6.07) is 1.84. The highest BCUT2D eigenvalue weighted by Gasteiger charge is 2.68. The van der Waals surface area contributed by atoms with Crippen LogP contribution in [0.15, 0.2) is 34.2 Å². The zero-order chi connectivity index (χ0) is 29.2. The fourth-order valence-electron chi connectivity index (χ4n) is 8.60. The molecule has 0 radical (unpaired) electrons. The highest BCUT2D eigenvalue weighted by molar-refractivity contribution is 5.92. The van der Waals surface area contributed by atoms with Gasteiger partial charge < -0.3 is 18.6 Å². The zero-order valence-electron chi connectivity index (χ0n) is 24.7. The number of methoxy groups -OCH3 is 1. The topological polar surface area (TPSA) is 109 Å². The zero-order valence-corrected chi connectivity index (χ0v) is 24.7. The van der Waals surface area contributed by atoms with E-state index >= 15 is 0 Å². The molecule has 3 fully saturated rings. The number of esters is 3. The first kappa shape index (κ1) is 28.6. The first-order valence-electron chi connectivity index (χ1n) is 14.6. The predicted octanol–water partition coefficient (Wildman–Crippen LogP) is 5.75. The molecule has 1 aromatic heterocycles. The predicted molar refractivity (Wildman–Crippen MR) is 144 cm³/mol. The van der Waals surface area contributed by atoms with E-state index in [9.17, 15) is 19.2 Å². The summed E-state index contributed by atoms with van der Waals surface area (Å²) in [6.07, 6.45) is 4.74. The minimum absolute atomic E-state index is 0.0467. The number of carbonyl (C=O) groups excluding carboxylic acids is 4. The van der Waals surface area contributed by atoms with Gasteiger partial charge in [-0.1, -0.05) is 47.1 Å². The van der Waals surface area contributed by atoms with Crippen molar-refractivity contribution in [2.45, 2.75) is 92.3 Å². The summed E-state index contributed by atoms with van der Waals surface area (Å²) < 4.78 is 22.6. The van der Waals surface area contributed by atoms with Gasteiger partial charge in [-0.05, 0) is 49.2 Å². The van der Waals surface area contributed by atoms with E-state index < -0.39 is 40.3 Å². The summed E-state index contributed by atoms with van der Waals surface area (Å²) in [4.78, 5) is 53.4. The van der Waals surface area contributed by atoms with Crippen molar-refractivity contribution in [2.24, 2.45) is 39.9 Å². The number of hydrogen-bond donors (Lipinski definition) is 0. The maximum atomic E-state index is 14.5. The molecule has 40 heavy (non-hydrogen) atoms. The van der Waals surface area contributed by atoms with E-state index in [1.807, 2.05) is 40.7 Å². The normalized spacial score (nSPS) is 37.1. The average Bonchev–Trinajstić information content (AvgIpc) is 3.45. The van der Waals surface area contributed by atoms with Gasteiger partial charge in [0.25, 0.3) is 0 Å². The lowest BCUT2D eigenvalue weighted by molar-refractivity contribution is -0.200. The maximum Gasteiger partial charge on any atom is 0.310 e. The fraction of sp³-hybridized carbons (Fsp3) is 0.688. The molecule has 8 atom stereocenters. The summed E-state index contributed by atoms with van der Waals surface area (Å²) in [5.74, 6) is -2.39. The molecule has 0 unspecified atom stereocenters. The van der Waals surface area contributed by atoms with Gasteiger partial charge in [0.05, 0.1) is 37.9 Å². The number of ether oxygens (including phenoxy) is 3. The third-order valence-corrected chi connectivity index (χ3v) is 11.1. The Kier molecular flexibility index (Phi) is 7.07. The van der Waals surface area contributed by atoms with Crippen molar-refractivity contribution in [2.75, 3.05) is 7.11 Å². The van der Waals surface area contributed by atoms with Gasteiger partial charge in [0.15, 0.2) is 0 Å². The van der Waals surface area contributed by atoms with Gasteiger partial charge in [0.1, 0.15) is 18.0 Å². The standard InChI is InChI=1S/C32H42O8/c1-8-17(2)29(36)40-28-20-13-19-21(32(6,26(20)35)23(30(28,3)4)15-24(33)37-7)9-11-31(5)22(19)14-25(34)39-27(31)18-10-12-38-16-18/h10,12,16-17,20-21,23,27-28H,8-9,11,13-15H2,1-7H3/t17-,20-,21-,23+,27+,28-,31+,32+/m0/s1. The minimum Gasteiger partial charge on any atom is -0.472 e. The lowest BCUT2D eigenvalue weighted by Crippen LogP contribution is -2.66. The molecule has 0 amide bonds. The SMILES string of the molecule is CC[C@H](C)C(=O)O[C@H]1[C@H]2CC3=C4CC(=O)O[C@H](c5ccoc5)[C@]4(C)CC[C@@H]3[C@@](C)(C2=O)[C@H](CC(=O)OC)C1(C)C. The van der Waals surface area contributed by atoms with Crippen LogP contribution in [-0.4, -0.2) is 36.9 Å². The van der Waals surface area contributed by atoms with Gasteiger partial charge >= 0.3 is 17.9 Å². The Morgan fingerprint density at radius 2 is 1.90 bits per heavy atom. The van der Waals surface area contributed by atoms with Crippen LogP contribution in [-0.2, 0) is 33.4 Å². The monoisotopic (exact) mass is 554 g/mol. The van der Waals surface area contributed by atoms with Crippen LogP contribution in [0, 0.1) is 39.9 Å². The number of allylic oxidation sites excluding steroid dienone is 1. The van der Waals surface area contributed by atoms with Gasteiger partial charge in [-0.3, -0.25) is 19.2 Å². The Hall–Kier alpha value is -2.90. The molecule has 1 aromatic rings. The molecule has 1 aliphatic heterocycles. The lowest BCUT2D eigenvalue weighted by Gasteiger charge is -2.63. The van der Waals surface area contributed by atoms with Crippen LogP contribution in [0.25, 0.3) is 0 Å². The second-order valence-corrected chi connectivity index (χ2v) is 13.4. The minimum atomic E-state index is -0.879. The molecule has 3 aliphatic carbocycles. The van der Waals surface area contributed by atoms with Crippen molar-refractivity contribution in [1.29, 1.82) is 0 Å². The van der Waals surface area contributed by atoms with E-state index in [1.54, 1.807) is 12.5 Å². The molecule has 0 N–H and O–H groups in total. The summed E-state index contributed by atoms with van der Waals surface area (Å²) in [5.41, 5.74) is 0.947. The van der Waals surface area contributed by atoms with Crippen molar-refractivity contribution in [3.05, 3.63) is 35.3 Å². The van der Waals surface area contributed by atoms with Gasteiger partial charge in [0, 0.05) is 28.2 Å². The van der Waals surface area contributed by atoms with Gasteiger partial charge in [-0.2, -0.15) is 0 Å². The Bertz CT molecular complexity index is 1240. The van der Waals surface area contributed by atoms with Gasteiger partial charge in [0.2, 0.25) is 0 Å². The van der Waals surface area contributed by atoms with Crippen molar-refractivity contribution in [1.82, 2.24) is 0 Å². The number of carbonyl (C=O) groups is 4. The Balaban J connectivity index is 1.67. The van der Waals surface area contributed by atoms with Crippen LogP contribution in [0.5, 0.6) is 0 Å². The van der Waals surface area contributed by atoms with E-state index in [0.29, 0.717) is 12.8 Å². The number of cyclic esters (lactones) is 1. The third-order valence-electron chi connectivity index (χ3n) is 11.1. The van der Waals surface area contributed by atoms with Gasteiger partial charge in [-0.25, -0.2) is 0 Å². The van der Waals surface area contributed by atoms with Crippen molar-refractivity contribution < 1.29 is 37.8 Å². The smallest absolute Gasteiger partial charge is 0.310 e. The van der Waals surface area contributed by atoms with Crippen LogP contribution < -0.4 is 0 Å². The number of Topliss-reactive ketones (excluding diaryl/α,β-unsaturated/α-hetero) is 1.